The summed E-state index contributed by atoms with van der Waals surface area (Å²) in [6.07, 6.45) is 3.51. The van der Waals surface area contributed by atoms with Gasteiger partial charge in [-0.3, -0.25) is 4.90 Å². The number of sulfone groups is 1. The lowest BCUT2D eigenvalue weighted by molar-refractivity contribution is 0.244. The molecule has 27 heavy (non-hydrogen) atoms. The topological polar surface area (TPSA) is 76.1 Å². The molecular formula is C19H20N4O2S2. The van der Waals surface area contributed by atoms with Crippen molar-refractivity contribution in [3.8, 4) is 11.3 Å². The molecule has 2 aromatic heterocycles. The van der Waals surface area contributed by atoms with Crippen LogP contribution in [0, 0.1) is 6.92 Å². The highest BCUT2D eigenvalue weighted by Gasteiger charge is 2.23. The highest BCUT2D eigenvalue weighted by molar-refractivity contribution is 7.90. The van der Waals surface area contributed by atoms with Gasteiger partial charge in [-0.25, -0.2) is 23.4 Å². The molecule has 1 aliphatic rings. The van der Waals surface area contributed by atoms with Gasteiger partial charge in [0.05, 0.1) is 16.4 Å². The zero-order valence-electron chi connectivity index (χ0n) is 15.2. The molecule has 140 valence electrons. The number of rotatable bonds is 4. The first-order valence-electron chi connectivity index (χ1n) is 8.69. The molecule has 8 heteroatoms. The molecule has 4 rings (SSSR count). The first-order valence-corrected chi connectivity index (χ1v) is 11.4. The van der Waals surface area contributed by atoms with Crippen LogP contribution in [0.25, 0.3) is 11.3 Å². The average Bonchev–Trinajstić information content (AvgIpc) is 3.01. The standard InChI is InChI=1S/C19H20N4O2S2/c1-13-21-18(14-6-4-3-5-7-14)17(26-13)12-23-9-8-16-15(11-23)10-20-19(22-16)27(2,24)25/h3-7,10H,8-9,11-12H2,1-2H3. The molecule has 0 unspecified atom stereocenters. The molecule has 6 nitrogen and oxygen atoms in total. The van der Waals surface area contributed by atoms with Crippen LogP contribution in [0.4, 0.5) is 0 Å². The number of hydrogen-bond donors (Lipinski definition) is 0. The van der Waals surface area contributed by atoms with E-state index in [2.05, 4.69) is 27.0 Å². The van der Waals surface area contributed by atoms with Crippen LogP contribution in [0.3, 0.4) is 0 Å². The van der Waals surface area contributed by atoms with Crippen LogP contribution in [0.2, 0.25) is 0 Å². The summed E-state index contributed by atoms with van der Waals surface area (Å²) in [5.41, 5.74) is 4.02. The maximum Gasteiger partial charge on any atom is 0.246 e. The van der Waals surface area contributed by atoms with Crippen molar-refractivity contribution in [2.24, 2.45) is 0 Å². The van der Waals surface area contributed by atoms with Gasteiger partial charge in [-0.15, -0.1) is 11.3 Å². The van der Waals surface area contributed by atoms with Crippen molar-refractivity contribution in [1.82, 2.24) is 19.9 Å². The molecule has 0 saturated heterocycles. The van der Waals surface area contributed by atoms with Crippen molar-refractivity contribution in [3.63, 3.8) is 0 Å². The van der Waals surface area contributed by atoms with Crippen molar-refractivity contribution in [2.45, 2.75) is 31.6 Å². The van der Waals surface area contributed by atoms with Crippen LogP contribution in [-0.2, 0) is 29.3 Å². The van der Waals surface area contributed by atoms with E-state index in [-0.39, 0.29) is 5.16 Å². The van der Waals surface area contributed by atoms with E-state index in [0.717, 1.165) is 53.3 Å². The minimum absolute atomic E-state index is 0.0841. The van der Waals surface area contributed by atoms with E-state index in [1.54, 1.807) is 17.5 Å². The van der Waals surface area contributed by atoms with E-state index in [1.807, 2.05) is 25.1 Å². The number of thiazole rings is 1. The van der Waals surface area contributed by atoms with Crippen LogP contribution < -0.4 is 0 Å². The predicted octanol–water partition coefficient (Wildman–Crippen LogP) is 2.87. The smallest absolute Gasteiger partial charge is 0.246 e. The van der Waals surface area contributed by atoms with E-state index in [1.165, 1.54) is 4.88 Å². The van der Waals surface area contributed by atoms with Crippen LogP contribution >= 0.6 is 11.3 Å². The fraction of sp³-hybridized carbons (Fsp3) is 0.316. The summed E-state index contributed by atoms with van der Waals surface area (Å²) in [6, 6.07) is 10.2. The second kappa shape index (κ2) is 7.10. The second-order valence-electron chi connectivity index (χ2n) is 6.73. The summed E-state index contributed by atoms with van der Waals surface area (Å²) in [5, 5.41) is 0.974. The fourth-order valence-electron chi connectivity index (χ4n) is 3.27. The molecule has 0 N–H and O–H groups in total. The number of aromatic nitrogens is 3. The third-order valence-electron chi connectivity index (χ3n) is 4.54. The number of benzene rings is 1. The van der Waals surface area contributed by atoms with E-state index in [4.69, 9.17) is 4.98 Å². The minimum Gasteiger partial charge on any atom is -0.293 e. The maximum atomic E-state index is 11.7. The van der Waals surface area contributed by atoms with Crippen molar-refractivity contribution in [1.29, 1.82) is 0 Å². The SMILES string of the molecule is Cc1nc(-c2ccccc2)c(CN2CCc3nc(S(C)(=O)=O)ncc3C2)s1. The van der Waals surface area contributed by atoms with Gasteiger partial charge in [-0.2, -0.15) is 0 Å². The molecule has 1 aliphatic heterocycles. The van der Waals surface area contributed by atoms with E-state index in [9.17, 15) is 8.42 Å². The number of fused-ring (bicyclic) bond motifs is 1. The van der Waals surface area contributed by atoms with Crippen molar-refractivity contribution >= 4 is 21.2 Å². The van der Waals surface area contributed by atoms with Gasteiger partial charge < -0.3 is 0 Å². The summed E-state index contributed by atoms with van der Waals surface area (Å²) in [5.74, 6) is 0. The lowest BCUT2D eigenvalue weighted by atomic mass is 10.1. The summed E-state index contributed by atoms with van der Waals surface area (Å²) >= 11 is 1.73. The average molecular weight is 401 g/mol. The third kappa shape index (κ3) is 3.92. The highest BCUT2D eigenvalue weighted by Crippen LogP contribution is 2.30. The van der Waals surface area contributed by atoms with Crippen molar-refractivity contribution in [2.75, 3.05) is 12.8 Å². The minimum atomic E-state index is -3.37. The third-order valence-corrected chi connectivity index (χ3v) is 6.36. The van der Waals surface area contributed by atoms with Gasteiger partial charge in [0, 0.05) is 54.5 Å². The molecule has 0 radical (unpaired) electrons. The van der Waals surface area contributed by atoms with Crippen molar-refractivity contribution < 1.29 is 8.42 Å². The molecule has 0 fully saturated rings. The van der Waals surface area contributed by atoms with Crippen LogP contribution in [-0.4, -0.2) is 41.1 Å². The summed E-state index contributed by atoms with van der Waals surface area (Å²) in [6.45, 7) is 4.39. The molecule has 3 heterocycles. The van der Waals surface area contributed by atoms with E-state index >= 15 is 0 Å². The van der Waals surface area contributed by atoms with Crippen LogP contribution in [0.1, 0.15) is 21.1 Å². The Morgan fingerprint density at radius 1 is 1.19 bits per heavy atom. The summed E-state index contributed by atoms with van der Waals surface area (Å²) in [7, 11) is -3.37. The largest absolute Gasteiger partial charge is 0.293 e. The predicted molar refractivity (Wildman–Crippen MR) is 105 cm³/mol. The number of aryl methyl sites for hydroxylation is 1. The van der Waals surface area contributed by atoms with Crippen molar-refractivity contribution in [3.05, 3.63) is 57.7 Å². The van der Waals surface area contributed by atoms with Gasteiger partial charge in [0.1, 0.15) is 0 Å². The Balaban J connectivity index is 1.56. The zero-order valence-corrected chi connectivity index (χ0v) is 16.8. The van der Waals surface area contributed by atoms with Gasteiger partial charge in [0.15, 0.2) is 0 Å². The van der Waals surface area contributed by atoms with Gasteiger partial charge >= 0.3 is 0 Å². The monoisotopic (exact) mass is 400 g/mol. The molecule has 0 saturated carbocycles. The van der Waals surface area contributed by atoms with Gasteiger partial charge in [0.2, 0.25) is 15.0 Å². The molecule has 3 aromatic rings. The molecule has 0 atom stereocenters. The second-order valence-corrected chi connectivity index (χ2v) is 9.93. The number of hydrogen-bond acceptors (Lipinski definition) is 7. The molecule has 1 aromatic carbocycles. The normalized spacial score (nSPS) is 14.9. The number of nitrogens with zero attached hydrogens (tertiary/aromatic N) is 4. The van der Waals surface area contributed by atoms with E-state index in [0.29, 0.717) is 6.54 Å². The Bertz CT molecular complexity index is 1080. The molecule has 0 spiro atoms. The van der Waals surface area contributed by atoms with Gasteiger partial charge in [0.25, 0.3) is 0 Å². The first-order chi connectivity index (χ1) is 12.9. The van der Waals surface area contributed by atoms with Crippen LogP contribution in [0.5, 0.6) is 0 Å². The molecular weight excluding hydrogens is 380 g/mol. The maximum absolute atomic E-state index is 11.7. The fourth-order valence-corrected chi connectivity index (χ4v) is 4.79. The van der Waals surface area contributed by atoms with Gasteiger partial charge in [-0.1, -0.05) is 30.3 Å². The zero-order chi connectivity index (χ0) is 19.0. The highest BCUT2D eigenvalue weighted by atomic mass is 32.2. The summed E-state index contributed by atoms with van der Waals surface area (Å²) in [4.78, 5) is 16.6. The van der Waals surface area contributed by atoms with E-state index < -0.39 is 9.84 Å². The lowest BCUT2D eigenvalue weighted by Gasteiger charge is -2.27. The lowest BCUT2D eigenvalue weighted by Crippen LogP contribution is -2.31. The Labute approximate surface area is 162 Å². The molecule has 0 amide bonds. The summed E-state index contributed by atoms with van der Waals surface area (Å²) < 4.78 is 23.3. The van der Waals surface area contributed by atoms with Gasteiger partial charge in [-0.05, 0) is 6.92 Å². The quantitative estimate of drug-likeness (QED) is 0.627. The molecule has 0 aliphatic carbocycles. The van der Waals surface area contributed by atoms with Crippen LogP contribution in [0.15, 0.2) is 41.7 Å². The Morgan fingerprint density at radius 2 is 1.96 bits per heavy atom. The molecule has 0 bridgehead atoms. The Kier molecular flexibility index (Phi) is 4.79. The Morgan fingerprint density at radius 3 is 2.70 bits per heavy atom. The first kappa shape index (κ1) is 18.2. The Hall–Kier alpha value is -2.16.